The molecule has 0 N–H and O–H groups in total. The van der Waals surface area contributed by atoms with Crippen molar-refractivity contribution in [1.29, 1.82) is 0 Å². The Balaban J connectivity index is 1.92. The molecule has 1 aliphatic rings. The molecule has 2 nitrogen and oxygen atoms in total. The highest BCUT2D eigenvalue weighted by Gasteiger charge is 2.52. The molecular weight excluding hydrogens is 307 g/mol. The molecule has 0 spiro atoms. The van der Waals surface area contributed by atoms with Crippen LogP contribution in [0.2, 0.25) is 0 Å². The third-order valence-corrected chi connectivity index (χ3v) is 5.53. The van der Waals surface area contributed by atoms with Crippen LogP contribution in [0.1, 0.15) is 27.7 Å². The summed E-state index contributed by atoms with van der Waals surface area (Å²) in [6, 6.07) is 23.3. The normalized spacial score (nSPS) is 18.6. The lowest BCUT2D eigenvalue weighted by Gasteiger charge is -2.32. The Morgan fingerprint density at radius 1 is 0.680 bits per heavy atom. The molecule has 0 atom stereocenters. The molecule has 0 unspecified atom stereocenters. The van der Waals surface area contributed by atoms with E-state index < -0.39 is 0 Å². The zero-order chi connectivity index (χ0) is 17.7. The van der Waals surface area contributed by atoms with E-state index in [2.05, 4.69) is 88.4 Å². The summed E-state index contributed by atoms with van der Waals surface area (Å²) in [5, 5.41) is 2.41. The van der Waals surface area contributed by atoms with E-state index in [9.17, 15) is 0 Å². The van der Waals surface area contributed by atoms with Gasteiger partial charge >= 0.3 is 7.12 Å². The van der Waals surface area contributed by atoms with Gasteiger partial charge in [-0.25, -0.2) is 0 Å². The molecule has 1 aliphatic heterocycles. The molecule has 0 radical (unpaired) electrons. The standard InChI is InChI=1S/C22H23BO2/c1-21(2)22(3,4)25-23(24-21)19-15-9-13-17-12-8-14-18(20(17)19)16-10-6-5-7-11-16/h5-15H,1-4H3. The average molecular weight is 330 g/mol. The number of benzene rings is 3. The summed E-state index contributed by atoms with van der Waals surface area (Å²) >= 11 is 0. The van der Waals surface area contributed by atoms with Crippen molar-refractivity contribution in [3.8, 4) is 11.1 Å². The quantitative estimate of drug-likeness (QED) is 0.628. The predicted molar refractivity (Wildman–Crippen MR) is 105 cm³/mol. The second kappa shape index (κ2) is 5.72. The molecule has 3 aromatic carbocycles. The third-order valence-electron chi connectivity index (χ3n) is 5.53. The SMILES string of the molecule is CC1(C)OB(c2cccc3cccc(-c4ccccc4)c23)OC1(C)C. The van der Waals surface area contributed by atoms with E-state index in [1.54, 1.807) is 0 Å². The van der Waals surface area contributed by atoms with Crippen LogP contribution in [0, 0.1) is 0 Å². The highest BCUT2D eigenvalue weighted by atomic mass is 16.7. The van der Waals surface area contributed by atoms with Crippen LogP contribution in [-0.4, -0.2) is 18.3 Å². The second-order valence-electron chi connectivity index (χ2n) is 7.71. The molecule has 0 bridgehead atoms. The fourth-order valence-electron chi connectivity index (χ4n) is 3.39. The summed E-state index contributed by atoms with van der Waals surface area (Å²) in [6.07, 6.45) is 0. The van der Waals surface area contributed by atoms with Crippen molar-refractivity contribution in [2.24, 2.45) is 0 Å². The highest BCUT2D eigenvalue weighted by Crippen LogP contribution is 2.38. The lowest BCUT2D eigenvalue weighted by atomic mass is 9.74. The lowest BCUT2D eigenvalue weighted by molar-refractivity contribution is 0.00578. The van der Waals surface area contributed by atoms with Crippen LogP contribution in [0.4, 0.5) is 0 Å². The van der Waals surface area contributed by atoms with Crippen LogP contribution in [-0.2, 0) is 9.31 Å². The van der Waals surface area contributed by atoms with E-state index in [0.29, 0.717) is 0 Å². The van der Waals surface area contributed by atoms with Gasteiger partial charge < -0.3 is 9.31 Å². The van der Waals surface area contributed by atoms with Gasteiger partial charge in [-0.3, -0.25) is 0 Å². The molecule has 0 aromatic heterocycles. The van der Waals surface area contributed by atoms with Gasteiger partial charge in [0.1, 0.15) is 0 Å². The van der Waals surface area contributed by atoms with E-state index in [0.717, 1.165) is 5.46 Å². The molecule has 0 amide bonds. The van der Waals surface area contributed by atoms with Crippen molar-refractivity contribution in [3.63, 3.8) is 0 Å². The van der Waals surface area contributed by atoms with E-state index in [1.807, 2.05) is 6.07 Å². The maximum absolute atomic E-state index is 6.33. The number of hydrogen-bond donors (Lipinski definition) is 0. The fraction of sp³-hybridized carbons (Fsp3) is 0.273. The van der Waals surface area contributed by atoms with E-state index in [4.69, 9.17) is 9.31 Å². The van der Waals surface area contributed by atoms with Gasteiger partial charge in [0.2, 0.25) is 0 Å². The number of rotatable bonds is 2. The van der Waals surface area contributed by atoms with Crippen molar-refractivity contribution in [2.45, 2.75) is 38.9 Å². The molecule has 1 heterocycles. The molecule has 126 valence electrons. The van der Waals surface area contributed by atoms with Gasteiger partial charge in [0.25, 0.3) is 0 Å². The molecule has 0 aliphatic carbocycles. The summed E-state index contributed by atoms with van der Waals surface area (Å²) in [6.45, 7) is 8.37. The largest absolute Gasteiger partial charge is 0.495 e. The summed E-state index contributed by atoms with van der Waals surface area (Å²) in [4.78, 5) is 0. The maximum Gasteiger partial charge on any atom is 0.495 e. The number of hydrogen-bond acceptors (Lipinski definition) is 2. The van der Waals surface area contributed by atoms with Crippen LogP contribution in [0.3, 0.4) is 0 Å². The molecule has 3 aromatic rings. The van der Waals surface area contributed by atoms with Gasteiger partial charge in [0, 0.05) is 0 Å². The summed E-state index contributed by atoms with van der Waals surface area (Å²) in [5.41, 5.74) is 2.82. The summed E-state index contributed by atoms with van der Waals surface area (Å²) in [7, 11) is -0.362. The average Bonchev–Trinajstić information content (AvgIpc) is 2.82. The van der Waals surface area contributed by atoms with Crippen molar-refractivity contribution in [3.05, 3.63) is 66.7 Å². The molecule has 4 rings (SSSR count). The Kier molecular flexibility index (Phi) is 3.75. The fourth-order valence-corrected chi connectivity index (χ4v) is 3.39. The second-order valence-corrected chi connectivity index (χ2v) is 7.71. The minimum absolute atomic E-state index is 0.346. The van der Waals surface area contributed by atoms with E-state index in [-0.39, 0.29) is 18.3 Å². The van der Waals surface area contributed by atoms with Crippen molar-refractivity contribution < 1.29 is 9.31 Å². The van der Waals surface area contributed by atoms with Crippen LogP contribution in [0.5, 0.6) is 0 Å². The van der Waals surface area contributed by atoms with Gasteiger partial charge in [-0.1, -0.05) is 66.7 Å². The monoisotopic (exact) mass is 330 g/mol. The highest BCUT2D eigenvalue weighted by molar-refractivity contribution is 6.65. The number of fused-ring (bicyclic) bond motifs is 1. The first-order chi connectivity index (χ1) is 11.9. The molecular formula is C22H23BO2. The van der Waals surface area contributed by atoms with Gasteiger partial charge in [-0.05, 0) is 55.1 Å². The van der Waals surface area contributed by atoms with Crippen molar-refractivity contribution in [1.82, 2.24) is 0 Å². The predicted octanol–water partition coefficient (Wildman–Crippen LogP) is 4.81. The molecule has 0 saturated carbocycles. The van der Waals surface area contributed by atoms with Gasteiger partial charge in [-0.15, -0.1) is 0 Å². The van der Waals surface area contributed by atoms with Gasteiger partial charge in [-0.2, -0.15) is 0 Å². The first-order valence-corrected chi connectivity index (χ1v) is 8.82. The summed E-state index contributed by atoms with van der Waals surface area (Å²) in [5.74, 6) is 0. The minimum Gasteiger partial charge on any atom is -0.399 e. The molecule has 3 heteroatoms. The maximum atomic E-state index is 6.33. The smallest absolute Gasteiger partial charge is 0.399 e. The topological polar surface area (TPSA) is 18.5 Å². The first kappa shape index (κ1) is 16.4. The Labute approximate surface area is 149 Å². The molecule has 1 fully saturated rings. The zero-order valence-corrected chi connectivity index (χ0v) is 15.2. The third kappa shape index (κ3) is 2.68. The van der Waals surface area contributed by atoms with Crippen LogP contribution >= 0.6 is 0 Å². The Morgan fingerprint density at radius 3 is 1.92 bits per heavy atom. The van der Waals surface area contributed by atoms with Crippen LogP contribution in [0.25, 0.3) is 21.9 Å². The Morgan fingerprint density at radius 2 is 1.28 bits per heavy atom. The molecule has 1 saturated heterocycles. The molecule has 25 heavy (non-hydrogen) atoms. The Bertz CT molecular complexity index is 894. The minimum atomic E-state index is -0.362. The zero-order valence-electron chi connectivity index (χ0n) is 15.2. The van der Waals surface area contributed by atoms with Gasteiger partial charge in [0.05, 0.1) is 11.2 Å². The first-order valence-electron chi connectivity index (χ1n) is 8.82. The lowest BCUT2D eigenvalue weighted by Crippen LogP contribution is -2.41. The van der Waals surface area contributed by atoms with Crippen LogP contribution < -0.4 is 5.46 Å². The van der Waals surface area contributed by atoms with Gasteiger partial charge in [0.15, 0.2) is 0 Å². The summed E-state index contributed by atoms with van der Waals surface area (Å²) < 4.78 is 12.7. The van der Waals surface area contributed by atoms with E-state index in [1.165, 1.54) is 21.9 Å². The van der Waals surface area contributed by atoms with Crippen molar-refractivity contribution >= 4 is 23.4 Å². The van der Waals surface area contributed by atoms with Crippen molar-refractivity contribution in [2.75, 3.05) is 0 Å². The Hall–Kier alpha value is -2.10. The van der Waals surface area contributed by atoms with E-state index >= 15 is 0 Å². The van der Waals surface area contributed by atoms with Crippen LogP contribution in [0.15, 0.2) is 66.7 Å².